The van der Waals surface area contributed by atoms with Crippen LogP contribution in [0.2, 0.25) is 0 Å². The summed E-state index contributed by atoms with van der Waals surface area (Å²) in [5.74, 6) is -0.315. The third-order valence-electron chi connectivity index (χ3n) is 3.14. The SMILES string of the molecule is Cn1c(N)nc2c(ncn2CCC(CO)C[19F])c1=O. The minimum absolute atomic E-state index is 0.100. The van der Waals surface area contributed by atoms with Crippen molar-refractivity contribution in [2.24, 2.45) is 13.0 Å². The minimum Gasteiger partial charge on any atom is -0.396 e. The first-order chi connectivity index (χ1) is 9.08. The second-order valence-electron chi connectivity index (χ2n) is 4.44. The van der Waals surface area contributed by atoms with Crippen LogP contribution in [0.1, 0.15) is 6.42 Å². The lowest BCUT2D eigenvalue weighted by Crippen LogP contribution is -2.22. The van der Waals surface area contributed by atoms with E-state index in [4.69, 9.17) is 10.8 Å². The van der Waals surface area contributed by atoms with Crippen LogP contribution in [0.4, 0.5) is 10.3 Å². The monoisotopic (exact) mass is 269 g/mol. The lowest BCUT2D eigenvalue weighted by molar-refractivity contribution is 0.185. The third kappa shape index (κ3) is 2.43. The predicted molar refractivity (Wildman–Crippen MR) is 68.3 cm³/mol. The van der Waals surface area contributed by atoms with Crippen LogP contribution in [0.25, 0.3) is 11.2 Å². The second-order valence-corrected chi connectivity index (χ2v) is 4.44. The van der Waals surface area contributed by atoms with E-state index in [1.165, 1.54) is 17.9 Å². The van der Waals surface area contributed by atoms with Crippen molar-refractivity contribution in [1.82, 2.24) is 19.1 Å². The van der Waals surface area contributed by atoms with Gasteiger partial charge in [-0.1, -0.05) is 0 Å². The van der Waals surface area contributed by atoms with Crippen LogP contribution in [0, 0.1) is 5.92 Å². The van der Waals surface area contributed by atoms with Crippen molar-refractivity contribution >= 4 is 17.1 Å². The molecule has 104 valence electrons. The summed E-state index contributed by atoms with van der Waals surface area (Å²) in [5.41, 5.74) is 5.94. The van der Waals surface area contributed by atoms with Gasteiger partial charge in [-0.15, -0.1) is 0 Å². The van der Waals surface area contributed by atoms with E-state index < -0.39 is 12.6 Å². The highest BCUT2D eigenvalue weighted by Crippen LogP contribution is 2.11. The molecule has 0 aliphatic carbocycles. The topological polar surface area (TPSA) is 99.0 Å². The van der Waals surface area contributed by atoms with Gasteiger partial charge < -0.3 is 15.4 Å². The first-order valence-corrected chi connectivity index (χ1v) is 5.92. The maximum absolute atomic E-state index is 12.5. The molecule has 0 aliphatic rings. The van der Waals surface area contributed by atoms with Gasteiger partial charge in [-0.2, -0.15) is 4.98 Å². The molecule has 1 unspecified atom stereocenters. The Morgan fingerprint density at radius 1 is 1.58 bits per heavy atom. The fraction of sp³-hybridized carbons (Fsp3) is 0.545. The first kappa shape index (κ1) is 13.5. The van der Waals surface area contributed by atoms with Gasteiger partial charge in [0.1, 0.15) is 0 Å². The number of anilines is 1. The predicted octanol–water partition coefficient (Wildman–Crippen LogP) is -0.320. The number of halogens is 1. The molecule has 2 heterocycles. The summed E-state index contributed by atoms with van der Waals surface area (Å²) in [6.07, 6.45) is 1.92. The molecule has 0 spiro atoms. The van der Waals surface area contributed by atoms with Crippen molar-refractivity contribution in [3.63, 3.8) is 0 Å². The standard InChI is InChI=1S/C11H16FN5O2/c1-16-10(19)8-9(15-11(16)13)17(6-14-8)3-2-7(4-12)5-18/h6-7,18H,2-5H2,1H3,(H2,13,15)/i12+0. The van der Waals surface area contributed by atoms with Crippen LogP contribution in [-0.2, 0) is 13.6 Å². The molecule has 2 rings (SSSR count). The number of aliphatic hydroxyl groups excluding tert-OH is 1. The van der Waals surface area contributed by atoms with E-state index in [0.29, 0.717) is 18.6 Å². The summed E-state index contributed by atoms with van der Waals surface area (Å²) in [6, 6.07) is 0. The van der Waals surface area contributed by atoms with Crippen molar-refractivity contribution in [1.29, 1.82) is 0 Å². The summed E-state index contributed by atoms with van der Waals surface area (Å²) in [4.78, 5) is 20.0. The van der Waals surface area contributed by atoms with Gasteiger partial charge in [0.25, 0.3) is 5.56 Å². The van der Waals surface area contributed by atoms with Gasteiger partial charge >= 0.3 is 0 Å². The Bertz CT molecular complexity index is 632. The van der Waals surface area contributed by atoms with E-state index in [1.807, 2.05) is 0 Å². The number of nitrogens with zero attached hydrogens (tertiary/aromatic N) is 4. The number of aromatic nitrogens is 4. The van der Waals surface area contributed by atoms with Crippen molar-refractivity contribution < 1.29 is 9.50 Å². The molecule has 0 saturated carbocycles. The van der Waals surface area contributed by atoms with Gasteiger partial charge in [-0.25, -0.2) is 4.98 Å². The highest BCUT2D eigenvalue weighted by Gasteiger charge is 2.13. The number of rotatable bonds is 5. The highest BCUT2D eigenvalue weighted by molar-refractivity contribution is 5.70. The van der Waals surface area contributed by atoms with Crippen LogP contribution >= 0.6 is 0 Å². The molecular weight excluding hydrogens is 253 g/mol. The van der Waals surface area contributed by atoms with Crippen LogP contribution in [0.3, 0.4) is 0 Å². The van der Waals surface area contributed by atoms with Crippen LogP contribution in [-0.4, -0.2) is 37.5 Å². The fourth-order valence-corrected chi connectivity index (χ4v) is 1.79. The number of fused-ring (bicyclic) bond motifs is 1. The molecule has 2 aromatic rings. The highest BCUT2D eigenvalue weighted by atomic mass is 19.1. The number of nitrogen functional groups attached to an aromatic ring is 1. The molecule has 0 aromatic carbocycles. The smallest absolute Gasteiger partial charge is 0.282 e. The molecular formula is C11H16FN5O2. The number of hydrogen-bond acceptors (Lipinski definition) is 5. The van der Waals surface area contributed by atoms with Crippen molar-refractivity contribution in [2.45, 2.75) is 13.0 Å². The zero-order valence-electron chi connectivity index (χ0n) is 10.6. The first-order valence-electron chi connectivity index (χ1n) is 5.92. The lowest BCUT2D eigenvalue weighted by Gasteiger charge is -2.10. The third-order valence-corrected chi connectivity index (χ3v) is 3.14. The van der Waals surface area contributed by atoms with Crippen LogP contribution in [0.5, 0.6) is 0 Å². The van der Waals surface area contributed by atoms with Crippen molar-refractivity contribution in [2.75, 3.05) is 19.0 Å². The molecule has 2 aromatic heterocycles. The van der Waals surface area contributed by atoms with E-state index in [-0.39, 0.29) is 23.6 Å². The van der Waals surface area contributed by atoms with Gasteiger partial charge in [0.2, 0.25) is 5.95 Å². The number of alkyl halides is 1. The van der Waals surface area contributed by atoms with Gasteiger partial charge in [0.05, 0.1) is 13.0 Å². The number of aliphatic hydroxyl groups is 1. The molecule has 19 heavy (non-hydrogen) atoms. The van der Waals surface area contributed by atoms with Gasteiger partial charge in [-0.05, 0) is 6.42 Å². The summed E-state index contributed by atoms with van der Waals surface area (Å²) in [5, 5.41) is 8.94. The van der Waals surface area contributed by atoms with E-state index in [0.717, 1.165) is 0 Å². The molecule has 0 saturated heterocycles. The molecule has 0 radical (unpaired) electrons. The van der Waals surface area contributed by atoms with E-state index in [2.05, 4.69) is 9.97 Å². The van der Waals surface area contributed by atoms with Crippen molar-refractivity contribution in [3.05, 3.63) is 16.7 Å². The Morgan fingerprint density at radius 3 is 2.95 bits per heavy atom. The Kier molecular flexibility index (Phi) is 3.79. The minimum atomic E-state index is -0.583. The average Bonchev–Trinajstić information content (AvgIpc) is 2.80. The zero-order chi connectivity index (χ0) is 14.0. The van der Waals surface area contributed by atoms with E-state index in [9.17, 15) is 9.18 Å². The van der Waals surface area contributed by atoms with Crippen LogP contribution < -0.4 is 11.3 Å². The zero-order valence-corrected chi connectivity index (χ0v) is 10.6. The van der Waals surface area contributed by atoms with E-state index >= 15 is 0 Å². The van der Waals surface area contributed by atoms with Gasteiger partial charge in [0.15, 0.2) is 11.2 Å². The molecule has 3 N–H and O–H groups in total. The Labute approximate surface area is 108 Å². The van der Waals surface area contributed by atoms with Crippen LogP contribution in [0.15, 0.2) is 11.1 Å². The summed E-state index contributed by atoms with van der Waals surface area (Å²) in [7, 11) is 1.52. The molecule has 0 fully saturated rings. The average molecular weight is 269 g/mol. The summed E-state index contributed by atoms with van der Waals surface area (Å²) >= 11 is 0. The maximum Gasteiger partial charge on any atom is 0.282 e. The fourth-order valence-electron chi connectivity index (χ4n) is 1.79. The van der Waals surface area contributed by atoms with Gasteiger partial charge in [-0.3, -0.25) is 13.8 Å². The normalized spacial score (nSPS) is 13.0. The molecule has 1 atom stereocenters. The number of hydrogen-bond donors (Lipinski definition) is 2. The largest absolute Gasteiger partial charge is 0.396 e. The molecule has 8 heteroatoms. The lowest BCUT2D eigenvalue weighted by atomic mass is 10.1. The second kappa shape index (κ2) is 5.35. The summed E-state index contributed by atoms with van der Waals surface area (Å²) in [6.45, 7) is -0.369. The number of imidazole rings is 1. The van der Waals surface area contributed by atoms with E-state index in [1.54, 1.807) is 4.57 Å². The Balaban J connectivity index is 2.33. The quantitative estimate of drug-likeness (QED) is 0.775. The molecule has 0 aliphatic heterocycles. The van der Waals surface area contributed by atoms with Gasteiger partial charge in [0, 0.05) is 26.1 Å². The maximum atomic E-state index is 12.5. The molecule has 0 bridgehead atoms. The summed E-state index contributed by atoms with van der Waals surface area (Å²) < 4.78 is 15.4. The Hall–Kier alpha value is -1.96. The number of nitrogens with two attached hydrogens (primary N) is 1. The van der Waals surface area contributed by atoms with Crippen molar-refractivity contribution in [3.8, 4) is 0 Å². The number of aryl methyl sites for hydroxylation is 1. The Morgan fingerprint density at radius 2 is 2.32 bits per heavy atom. The molecule has 7 nitrogen and oxygen atoms in total. The molecule has 0 amide bonds.